The van der Waals surface area contributed by atoms with Gasteiger partial charge in [0.2, 0.25) is 0 Å². The summed E-state index contributed by atoms with van der Waals surface area (Å²) >= 11 is 0. The number of anilines is 1. The molecule has 5 nitrogen and oxygen atoms in total. The average molecular weight is 308 g/mol. The number of hydrogen-bond acceptors (Lipinski definition) is 5. The summed E-state index contributed by atoms with van der Waals surface area (Å²) in [7, 11) is 3.47. The highest BCUT2D eigenvalue weighted by Crippen LogP contribution is 2.36. The zero-order chi connectivity index (χ0) is 15.9. The maximum atomic E-state index is 13.1. The molecule has 8 heteroatoms. The number of fused-ring (bicyclic) bond motifs is 1. The van der Waals surface area contributed by atoms with Crippen molar-refractivity contribution in [2.75, 3.05) is 19.0 Å². The van der Waals surface area contributed by atoms with Crippen LogP contribution in [0.5, 0.6) is 0 Å². The molecule has 2 heterocycles. The van der Waals surface area contributed by atoms with Crippen LogP contribution in [-0.4, -0.2) is 29.2 Å². The Labute approximate surface area is 123 Å². The number of rotatable bonds is 2. The lowest BCUT2D eigenvalue weighted by Crippen LogP contribution is -2.10. The molecule has 3 aromatic rings. The van der Waals surface area contributed by atoms with Gasteiger partial charge in [-0.15, -0.1) is 0 Å². The molecule has 0 N–H and O–H groups in total. The monoisotopic (exact) mass is 308 g/mol. The Morgan fingerprint density at radius 2 is 1.91 bits per heavy atom. The molecule has 0 aliphatic heterocycles. The second-order valence-corrected chi connectivity index (χ2v) is 4.85. The number of pyridine rings is 1. The fraction of sp³-hybridized carbons (Fsp3) is 0.214. The van der Waals surface area contributed by atoms with Gasteiger partial charge in [-0.2, -0.15) is 18.2 Å². The van der Waals surface area contributed by atoms with Gasteiger partial charge in [0.25, 0.3) is 11.8 Å². The van der Waals surface area contributed by atoms with Crippen LogP contribution in [0.2, 0.25) is 0 Å². The minimum Gasteiger partial charge on any atom is -0.344 e. The van der Waals surface area contributed by atoms with Gasteiger partial charge in [0.1, 0.15) is 0 Å². The second kappa shape index (κ2) is 4.97. The number of benzene rings is 1. The molecule has 2 aromatic heterocycles. The first-order chi connectivity index (χ1) is 10.4. The van der Waals surface area contributed by atoms with Crippen molar-refractivity contribution in [2.24, 2.45) is 0 Å². The van der Waals surface area contributed by atoms with Crippen molar-refractivity contribution in [3.05, 3.63) is 36.0 Å². The van der Waals surface area contributed by atoms with Gasteiger partial charge in [-0.1, -0.05) is 12.1 Å². The minimum absolute atomic E-state index is 0.142. The quantitative estimate of drug-likeness (QED) is 0.726. The van der Waals surface area contributed by atoms with E-state index in [4.69, 9.17) is 4.52 Å². The summed E-state index contributed by atoms with van der Waals surface area (Å²) in [6, 6.07) is 5.43. The highest BCUT2D eigenvalue weighted by Gasteiger charge is 2.33. The van der Waals surface area contributed by atoms with E-state index in [1.807, 2.05) is 0 Å². The SMILES string of the molecule is CN(C)c1noc(-c2ccnc3c(C(F)(F)F)cccc23)n1. The van der Waals surface area contributed by atoms with E-state index in [9.17, 15) is 13.2 Å². The minimum atomic E-state index is -4.48. The molecule has 0 bridgehead atoms. The Kier molecular flexibility index (Phi) is 3.23. The molecule has 0 atom stereocenters. The van der Waals surface area contributed by atoms with Crippen molar-refractivity contribution in [1.29, 1.82) is 0 Å². The van der Waals surface area contributed by atoms with Gasteiger partial charge in [0.15, 0.2) is 0 Å². The first-order valence-corrected chi connectivity index (χ1v) is 6.34. The number of aromatic nitrogens is 3. The van der Waals surface area contributed by atoms with Crippen LogP contribution in [-0.2, 0) is 6.18 Å². The molecular formula is C14H11F3N4O. The van der Waals surface area contributed by atoms with Crippen LogP contribution in [0.25, 0.3) is 22.4 Å². The van der Waals surface area contributed by atoms with Crippen LogP contribution < -0.4 is 4.90 Å². The molecule has 0 spiro atoms. The predicted molar refractivity (Wildman–Crippen MR) is 74.4 cm³/mol. The van der Waals surface area contributed by atoms with E-state index in [0.717, 1.165) is 6.07 Å². The van der Waals surface area contributed by atoms with Gasteiger partial charge < -0.3 is 9.42 Å². The van der Waals surface area contributed by atoms with Gasteiger partial charge >= 0.3 is 6.18 Å². The van der Waals surface area contributed by atoms with Gasteiger partial charge in [0, 0.05) is 25.7 Å². The molecular weight excluding hydrogens is 297 g/mol. The van der Waals surface area contributed by atoms with E-state index in [1.165, 1.54) is 12.3 Å². The van der Waals surface area contributed by atoms with Crippen LogP contribution in [0.1, 0.15) is 5.56 Å². The predicted octanol–water partition coefficient (Wildman–Crippen LogP) is 3.37. The zero-order valence-corrected chi connectivity index (χ0v) is 11.7. The van der Waals surface area contributed by atoms with Gasteiger partial charge in [-0.3, -0.25) is 4.98 Å². The molecule has 0 saturated heterocycles. The van der Waals surface area contributed by atoms with E-state index in [-0.39, 0.29) is 11.4 Å². The number of hydrogen-bond donors (Lipinski definition) is 0. The fourth-order valence-corrected chi connectivity index (χ4v) is 2.10. The van der Waals surface area contributed by atoms with Crippen LogP contribution in [0, 0.1) is 0 Å². The van der Waals surface area contributed by atoms with Crippen LogP contribution >= 0.6 is 0 Å². The van der Waals surface area contributed by atoms with Crippen molar-refractivity contribution in [3.8, 4) is 11.5 Å². The van der Waals surface area contributed by atoms with Gasteiger partial charge in [-0.25, -0.2) is 0 Å². The fourth-order valence-electron chi connectivity index (χ4n) is 2.10. The molecule has 0 unspecified atom stereocenters. The molecule has 0 saturated carbocycles. The normalized spacial score (nSPS) is 11.9. The number of nitrogens with zero attached hydrogens (tertiary/aromatic N) is 4. The molecule has 0 amide bonds. The first kappa shape index (κ1) is 14.3. The smallest absolute Gasteiger partial charge is 0.344 e. The van der Waals surface area contributed by atoms with E-state index in [1.54, 1.807) is 31.1 Å². The van der Waals surface area contributed by atoms with Crippen LogP contribution in [0.15, 0.2) is 35.0 Å². The van der Waals surface area contributed by atoms with Gasteiger partial charge in [-0.05, 0) is 17.3 Å². The molecule has 3 rings (SSSR count). The van der Waals surface area contributed by atoms with E-state index < -0.39 is 11.7 Å². The highest BCUT2D eigenvalue weighted by molar-refractivity contribution is 5.94. The summed E-state index contributed by atoms with van der Waals surface area (Å²) in [6.07, 6.45) is -3.18. The topological polar surface area (TPSA) is 55.1 Å². The standard InChI is InChI=1S/C14H11F3N4O/c1-21(2)13-19-12(22-20-13)9-6-7-18-11-8(9)4-3-5-10(11)14(15,16)17/h3-7H,1-2H3. The number of alkyl halides is 3. The lowest BCUT2D eigenvalue weighted by molar-refractivity contribution is -0.136. The molecule has 0 radical (unpaired) electrons. The summed E-state index contributed by atoms with van der Waals surface area (Å²) in [6.45, 7) is 0. The molecule has 0 fully saturated rings. The summed E-state index contributed by atoms with van der Waals surface area (Å²) < 4.78 is 44.3. The van der Waals surface area contributed by atoms with Crippen LogP contribution in [0.3, 0.4) is 0 Å². The molecule has 1 aromatic carbocycles. The van der Waals surface area contributed by atoms with E-state index in [0.29, 0.717) is 16.9 Å². The third-order valence-electron chi connectivity index (χ3n) is 3.12. The van der Waals surface area contributed by atoms with Crippen molar-refractivity contribution in [2.45, 2.75) is 6.18 Å². The molecule has 0 aliphatic rings. The van der Waals surface area contributed by atoms with Crippen molar-refractivity contribution in [1.82, 2.24) is 15.1 Å². The lowest BCUT2D eigenvalue weighted by atomic mass is 10.0. The maximum absolute atomic E-state index is 13.1. The van der Waals surface area contributed by atoms with E-state index in [2.05, 4.69) is 15.1 Å². The van der Waals surface area contributed by atoms with Gasteiger partial charge in [0.05, 0.1) is 16.6 Å². The lowest BCUT2D eigenvalue weighted by Gasteiger charge is -2.10. The summed E-state index contributed by atoms with van der Waals surface area (Å²) in [5.74, 6) is 0.488. The van der Waals surface area contributed by atoms with Crippen molar-refractivity contribution >= 4 is 16.9 Å². The molecule has 0 aliphatic carbocycles. The largest absolute Gasteiger partial charge is 0.418 e. The van der Waals surface area contributed by atoms with Crippen molar-refractivity contribution in [3.63, 3.8) is 0 Å². The Hall–Kier alpha value is -2.64. The third kappa shape index (κ3) is 2.36. The highest BCUT2D eigenvalue weighted by atomic mass is 19.4. The third-order valence-corrected chi connectivity index (χ3v) is 3.12. The average Bonchev–Trinajstić information content (AvgIpc) is 2.94. The summed E-state index contributed by atoms with van der Waals surface area (Å²) in [5, 5.41) is 4.08. The van der Waals surface area contributed by atoms with Crippen LogP contribution in [0.4, 0.5) is 19.1 Å². The number of halogens is 3. The summed E-state index contributed by atoms with van der Waals surface area (Å²) in [4.78, 5) is 9.65. The zero-order valence-electron chi connectivity index (χ0n) is 11.7. The summed E-state index contributed by atoms with van der Waals surface area (Å²) in [5.41, 5.74) is -0.520. The number of para-hydroxylation sites is 1. The second-order valence-electron chi connectivity index (χ2n) is 4.85. The Morgan fingerprint density at radius 1 is 1.14 bits per heavy atom. The molecule has 22 heavy (non-hydrogen) atoms. The van der Waals surface area contributed by atoms with Crippen molar-refractivity contribution < 1.29 is 17.7 Å². The first-order valence-electron chi connectivity index (χ1n) is 6.34. The molecule has 114 valence electrons. The van der Waals surface area contributed by atoms with E-state index >= 15 is 0 Å². The Bertz CT molecular complexity index is 826. The maximum Gasteiger partial charge on any atom is 0.418 e. The Balaban J connectivity index is 2.23. The Morgan fingerprint density at radius 3 is 2.55 bits per heavy atom.